The summed E-state index contributed by atoms with van der Waals surface area (Å²) in [5.41, 5.74) is 1.96. The van der Waals surface area contributed by atoms with Gasteiger partial charge in [0.05, 0.1) is 24.0 Å². The molecule has 2 N–H and O–H groups in total. The number of halogens is 1. The number of sulfonamides is 1. The first kappa shape index (κ1) is 29.5. The van der Waals surface area contributed by atoms with Crippen molar-refractivity contribution in [1.82, 2.24) is 9.80 Å². The zero-order chi connectivity index (χ0) is 28.9. The minimum absolute atomic E-state index is 0.0227. The third kappa shape index (κ3) is 7.38. The smallest absolute Gasteiger partial charge is 0.261 e. The number of rotatable bonds is 9. The molecule has 0 aliphatic carbocycles. The monoisotopic (exact) mass is 569 g/mol. The number of aliphatic hydroxyl groups is 1. The van der Waals surface area contributed by atoms with Crippen LogP contribution in [0.4, 0.5) is 10.1 Å². The number of hydrogen-bond acceptors (Lipinski definition) is 6. The van der Waals surface area contributed by atoms with Gasteiger partial charge < -0.3 is 14.7 Å². The zero-order valence-corrected chi connectivity index (χ0v) is 23.8. The molecule has 1 aliphatic heterocycles. The van der Waals surface area contributed by atoms with E-state index < -0.39 is 15.8 Å². The minimum Gasteiger partial charge on any atom is -0.488 e. The SMILES string of the molecule is C[C@@H]1CN([C@@H](C)CO)C(=O)Cc2cc(NS(=O)(=O)c3ccc(F)cc3)ccc2O[C@@H]1CN(C)Cc1ccccc1. The molecule has 0 unspecified atom stereocenters. The second kappa shape index (κ2) is 12.8. The summed E-state index contributed by atoms with van der Waals surface area (Å²) in [6.45, 7) is 5.37. The van der Waals surface area contributed by atoms with Gasteiger partial charge in [-0.25, -0.2) is 12.8 Å². The van der Waals surface area contributed by atoms with Gasteiger partial charge in [-0.15, -0.1) is 0 Å². The molecule has 0 bridgehead atoms. The lowest BCUT2D eigenvalue weighted by molar-refractivity contribution is -0.134. The number of ether oxygens (including phenoxy) is 1. The highest BCUT2D eigenvalue weighted by Gasteiger charge is 2.31. The van der Waals surface area contributed by atoms with Crippen molar-refractivity contribution in [3.05, 3.63) is 89.7 Å². The van der Waals surface area contributed by atoms with E-state index in [9.17, 15) is 22.7 Å². The van der Waals surface area contributed by atoms with Crippen LogP contribution in [0.3, 0.4) is 0 Å². The fraction of sp³-hybridized carbons (Fsp3) is 0.367. The summed E-state index contributed by atoms with van der Waals surface area (Å²) in [6, 6.07) is 19.1. The van der Waals surface area contributed by atoms with E-state index in [4.69, 9.17) is 4.74 Å². The van der Waals surface area contributed by atoms with Crippen molar-refractivity contribution < 1.29 is 27.4 Å². The van der Waals surface area contributed by atoms with Crippen molar-refractivity contribution in [2.75, 3.05) is 31.5 Å². The van der Waals surface area contributed by atoms with Gasteiger partial charge in [0, 0.05) is 36.8 Å². The van der Waals surface area contributed by atoms with Crippen molar-refractivity contribution >= 4 is 21.6 Å². The summed E-state index contributed by atoms with van der Waals surface area (Å²) in [7, 11) is -1.96. The van der Waals surface area contributed by atoms with Gasteiger partial charge >= 0.3 is 0 Å². The Morgan fingerprint density at radius 2 is 1.82 bits per heavy atom. The molecule has 3 atom stereocenters. The third-order valence-electron chi connectivity index (χ3n) is 7.08. The Hall–Kier alpha value is -3.47. The Kier molecular flexibility index (Phi) is 9.44. The van der Waals surface area contributed by atoms with Gasteiger partial charge in [0.15, 0.2) is 0 Å². The molecule has 0 spiro atoms. The number of benzene rings is 3. The van der Waals surface area contributed by atoms with Gasteiger partial charge in [-0.1, -0.05) is 37.3 Å². The predicted molar refractivity (Wildman–Crippen MR) is 152 cm³/mol. The number of nitrogens with zero attached hydrogens (tertiary/aromatic N) is 2. The molecule has 4 rings (SSSR count). The average Bonchev–Trinajstić information content (AvgIpc) is 2.96. The maximum Gasteiger partial charge on any atom is 0.261 e. The van der Waals surface area contributed by atoms with Crippen LogP contribution in [0.2, 0.25) is 0 Å². The molecule has 8 nitrogen and oxygen atoms in total. The number of hydrogen-bond donors (Lipinski definition) is 2. The lowest BCUT2D eigenvalue weighted by Gasteiger charge is -2.34. The summed E-state index contributed by atoms with van der Waals surface area (Å²) in [4.78, 5) is 17.2. The van der Waals surface area contributed by atoms with Crippen LogP contribution in [0.5, 0.6) is 5.75 Å². The zero-order valence-electron chi connectivity index (χ0n) is 23.0. The topological polar surface area (TPSA) is 99.2 Å². The van der Waals surface area contributed by atoms with E-state index in [1.54, 1.807) is 30.0 Å². The van der Waals surface area contributed by atoms with Crippen molar-refractivity contribution in [2.24, 2.45) is 5.92 Å². The standard InChI is InChI=1S/C30H36FN3O5S/c1-21-17-34(22(2)20-35)30(36)16-24-15-26(32-40(37,38)27-12-9-25(31)10-13-27)11-14-28(24)39-29(21)19-33(3)18-23-7-5-4-6-8-23/h4-15,21-22,29,32,35H,16-20H2,1-3H3/t21-,22+,29-/m1/s1. The van der Waals surface area contributed by atoms with Crippen LogP contribution in [-0.2, 0) is 27.8 Å². The largest absolute Gasteiger partial charge is 0.488 e. The van der Waals surface area contributed by atoms with E-state index in [1.807, 2.05) is 32.2 Å². The van der Waals surface area contributed by atoms with Crippen LogP contribution < -0.4 is 9.46 Å². The molecule has 10 heteroatoms. The number of nitrogens with one attached hydrogen (secondary N) is 1. The molecule has 1 amide bonds. The Balaban J connectivity index is 1.63. The van der Waals surface area contributed by atoms with Crippen molar-refractivity contribution in [3.8, 4) is 5.75 Å². The molecule has 0 radical (unpaired) electrons. The van der Waals surface area contributed by atoms with E-state index >= 15 is 0 Å². The van der Waals surface area contributed by atoms with Crippen molar-refractivity contribution in [3.63, 3.8) is 0 Å². The molecule has 0 fully saturated rings. The third-order valence-corrected chi connectivity index (χ3v) is 8.48. The average molecular weight is 570 g/mol. The minimum atomic E-state index is -3.98. The van der Waals surface area contributed by atoms with Gasteiger partial charge in [-0.05, 0) is 62.0 Å². The van der Waals surface area contributed by atoms with Gasteiger partial charge in [-0.3, -0.25) is 14.4 Å². The highest BCUT2D eigenvalue weighted by Crippen LogP contribution is 2.30. The molecule has 1 heterocycles. The van der Waals surface area contributed by atoms with Crippen molar-refractivity contribution in [1.29, 1.82) is 0 Å². The molecule has 0 aromatic heterocycles. The number of amides is 1. The first-order valence-corrected chi connectivity index (χ1v) is 14.7. The summed E-state index contributed by atoms with van der Waals surface area (Å²) in [5, 5.41) is 9.86. The van der Waals surface area contributed by atoms with Crippen LogP contribution in [0, 0.1) is 11.7 Å². The summed E-state index contributed by atoms with van der Waals surface area (Å²) >= 11 is 0. The van der Waals surface area contributed by atoms with Gasteiger partial charge in [0.1, 0.15) is 17.7 Å². The molecule has 0 saturated carbocycles. The van der Waals surface area contributed by atoms with Crippen molar-refractivity contribution in [2.45, 2.75) is 43.9 Å². The number of carbonyl (C=O) groups excluding carboxylic acids is 1. The number of likely N-dealkylation sites (N-methyl/N-ethyl adjacent to an activating group) is 1. The number of anilines is 1. The first-order valence-electron chi connectivity index (χ1n) is 13.3. The normalized spacial score (nSPS) is 18.8. The predicted octanol–water partition coefficient (Wildman–Crippen LogP) is 3.91. The van der Waals surface area contributed by atoms with Gasteiger partial charge in [0.25, 0.3) is 10.0 Å². The maximum atomic E-state index is 13.4. The number of aliphatic hydroxyl groups excluding tert-OH is 1. The summed E-state index contributed by atoms with van der Waals surface area (Å²) in [5.74, 6) is -0.276. The number of carbonyl (C=O) groups is 1. The number of fused-ring (bicyclic) bond motifs is 1. The summed E-state index contributed by atoms with van der Waals surface area (Å²) < 4.78 is 48.1. The van der Waals surface area contributed by atoms with Crippen LogP contribution in [0.1, 0.15) is 25.0 Å². The van der Waals surface area contributed by atoms with Crippen LogP contribution in [-0.4, -0.2) is 68.1 Å². The van der Waals surface area contributed by atoms with E-state index in [0.29, 0.717) is 24.4 Å². The Labute approximate surface area is 235 Å². The lowest BCUT2D eigenvalue weighted by atomic mass is 10.0. The molecule has 40 heavy (non-hydrogen) atoms. The van der Waals surface area contributed by atoms with Crippen LogP contribution >= 0.6 is 0 Å². The van der Waals surface area contributed by atoms with E-state index in [1.165, 1.54) is 17.7 Å². The van der Waals surface area contributed by atoms with E-state index in [-0.39, 0.29) is 47.6 Å². The lowest BCUT2D eigenvalue weighted by Crippen LogP contribution is -2.47. The maximum absolute atomic E-state index is 13.4. The Morgan fingerprint density at radius 3 is 2.50 bits per heavy atom. The highest BCUT2D eigenvalue weighted by atomic mass is 32.2. The second-order valence-electron chi connectivity index (χ2n) is 10.5. The molecule has 0 saturated heterocycles. The first-order chi connectivity index (χ1) is 19.1. The van der Waals surface area contributed by atoms with Crippen LogP contribution in [0.25, 0.3) is 0 Å². The summed E-state index contributed by atoms with van der Waals surface area (Å²) in [6.07, 6.45) is -0.307. The van der Waals surface area contributed by atoms with Crippen LogP contribution in [0.15, 0.2) is 77.7 Å². The fourth-order valence-electron chi connectivity index (χ4n) is 4.81. The van der Waals surface area contributed by atoms with E-state index in [2.05, 4.69) is 21.8 Å². The molecular formula is C30H36FN3O5S. The van der Waals surface area contributed by atoms with Gasteiger partial charge in [-0.2, -0.15) is 0 Å². The quantitative estimate of drug-likeness (QED) is 0.406. The Morgan fingerprint density at radius 1 is 1.12 bits per heavy atom. The molecular weight excluding hydrogens is 533 g/mol. The highest BCUT2D eigenvalue weighted by molar-refractivity contribution is 7.92. The molecule has 3 aromatic rings. The van der Waals surface area contributed by atoms with Gasteiger partial charge in [0.2, 0.25) is 5.91 Å². The molecule has 214 valence electrons. The molecule has 1 aliphatic rings. The second-order valence-corrected chi connectivity index (χ2v) is 12.1. The molecule has 3 aromatic carbocycles. The Bertz CT molecular complexity index is 1400. The van der Waals surface area contributed by atoms with E-state index in [0.717, 1.165) is 18.7 Å². The fourth-order valence-corrected chi connectivity index (χ4v) is 5.86.